The minimum absolute atomic E-state index is 0.239. The van der Waals surface area contributed by atoms with Crippen molar-refractivity contribution in [2.75, 3.05) is 7.11 Å². The summed E-state index contributed by atoms with van der Waals surface area (Å²) >= 11 is 0. The van der Waals surface area contributed by atoms with E-state index in [2.05, 4.69) is 26.1 Å². The number of carbonyl (C=O) groups excluding carboxylic acids is 1. The van der Waals surface area contributed by atoms with Crippen molar-refractivity contribution in [2.45, 2.75) is 39.3 Å². The second-order valence-corrected chi connectivity index (χ2v) is 5.06. The molecule has 2 atom stereocenters. The van der Waals surface area contributed by atoms with E-state index in [0.29, 0.717) is 5.92 Å². The van der Waals surface area contributed by atoms with Crippen molar-refractivity contribution in [2.24, 2.45) is 5.92 Å². The maximum absolute atomic E-state index is 11.8. The number of hydrogen-bond donors (Lipinski definition) is 1. The van der Waals surface area contributed by atoms with Crippen LogP contribution >= 0.6 is 0 Å². The number of rotatable bonds is 6. The van der Waals surface area contributed by atoms with Gasteiger partial charge in [0.05, 0.1) is 7.11 Å². The van der Waals surface area contributed by atoms with Crippen molar-refractivity contribution in [1.29, 1.82) is 0 Å². The predicted molar refractivity (Wildman–Crippen MR) is 73.3 cm³/mol. The first-order valence-electron chi connectivity index (χ1n) is 6.43. The second kappa shape index (κ2) is 7.17. The van der Waals surface area contributed by atoms with Gasteiger partial charge >= 0.3 is 5.97 Å². The summed E-state index contributed by atoms with van der Waals surface area (Å²) in [5.74, 6) is 0.360. The lowest BCUT2D eigenvalue weighted by atomic mass is 10.0. The minimum Gasteiger partial charge on any atom is -0.468 e. The molecule has 0 saturated heterocycles. The molecule has 0 spiro atoms. The molecule has 0 aliphatic heterocycles. The lowest BCUT2D eigenvalue weighted by Gasteiger charge is -2.23. The summed E-state index contributed by atoms with van der Waals surface area (Å²) in [4.78, 5) is 11.8. The first-order valence-corrected chi connectivity index (χ1v) is 6.43. The maximum Gasteiger partial charge on any atom is 0.327 e. The highest BCUT2D eigenvalue weighted by atomic mass is 16.5. The topological polar surface area (TPSA) is 38.3 Å². The van der Waals surface area contributed by atoms with Crippen molar-refractivity contribution < 1.29 is 9.53 Å². The molecular weight excluding hydrogens is 226 g/mol. The number of benzene rings is 1. The molecule has 0 aliphatic rings. The number of ether oxygens (including phenoxy) is 1. The molecule has 3 heteroatoms. The lowest BCUT2D eigenvalue weighted by Crippen LogP contribution is -2.36. The third-order valence-corrected chi connectivity index (χ3v) is 2.85. The number of esters is 1. The Kier molecular flexibility index (Phi) is 5.86. The minimum atomic E-state index is -0.384. The molecule has 0 fully saturated rings. The molecule has 0 heterocycles. The summed E-state index contributed by atoms with van der Waals surface area (Å²) in [6, 6.07) is 9.57. The lowest BCUT2D eigenvalue weighted by molar-refractivity contribution is -0.143. The largest absolute Gasteiger partial charge is 0.468 e. The summed E-state index contributed by atoms with van der Waals surface area (Å²) in [5.41, 5.74) is 0.944. The first-order chi connectivity index (χ1) is 8.54. The number of nitrogens with one attached hydrogen (secondary N) is 1. The molecule has 3 nitrogen and oxygen atoms in total. The van der Waals surface area contributed by atoms with Crippen LogP contribution in [0.25, 0.3) is 0 Å². The first kappa shape index (κ1) is 14.7. The van der Waals surface area contributed by atoms with E-state index >= 15 is 0 Å². The summed E-state index contributed by atoms with van der Waals surface area (Å²) in [5, 5.41) is 3.34. The van der Waals surface area contributed by atoms with Crippen LogP contribution in [0.15, 0.2) is 30.3 Å². The van der Waals surface area contributed by atoms with Crippen molar-refractivity contribution in [3.8, 4) is 0 Å². The van der Waals surface area contributed by atoms with E-state index in [1.54, 1.807) is 0 Å². The summed E-state index contributed by atoms with van der Waals surface area (Å²) in [6.07, 6.45) is 1.03. The van der Waals surface area contributed by atoms with Gasteiger partial charge in [0, 0.05) is 6.04 Å². The van der Waals surface area contributed by atoms with Gasteiger partial charge in [-0.3, -0.25) is 5.32 Å². The number of carbonyl (C=O) groups is 1. The molecule has 1 rings (SSSR count). The van der Waals surface area contributed by atoms with Crippen LogP contribution in [-0.2, 0) is 9.53 Å². The normalized spacial score (nSPS) is 14.3. The van der Waals surface area contributed by atoms with E-state index in [9.17, 15) is 4.79 Å². The quantitative estimate of drug-likeness (QED) is 0.788. The van der Waals surface area contributed by atoms with E-state index in [4.69, 9.17) is 4.74 Å². The molecule has 0 aliphatic carbocycles. The Bertz CT molecular complexity index is 362. The molecule has 100 valence electrons. The zero-order valence-electron chi connectivity index (χ0n) is 11.6. The Labute approximate surface area is 110 Å². The smallest absolute Gasteiger partial charge is 0.327 e. The van der Waals surface area contributed by atoms with Gasteiger partial charge in [-0.25, -0.2) is 4.79 Å². The summed E-state index contributed by atoms with van der Waals surface area (Å²) in [7, 11) is 1.42. The van der Waals surface area contributed by atoms with Gasteiger partial charge in [-0.2, -0.15) is 0 Å². The van der Waals surface area contributed by atoms with Crippen LogP contribution in [0.4, 0.5) is 0 Å². The van der Waals surface area contributed by atoms with Gasteiger partial charge in [-0.1, -0.05) is 44.2 Å². The zero-order chi connectivity index (χ0) is 13.5. The van der Waals surface area contributed by atoms with E-state index < -0.39 is 0 Å². The molecule has 1 N–H and O–H groups in total. The molecule has 18 heavy (non-hydrogen) atoms. The van der Waals surface area contributed by atoms with Crippen molar-refractivity contribution in [3.63, 3.8) is 0 Å². The summed E-state index contributed by atoms with van der Waals surface area (Å²) < 4.78 is 4.87. The van der Waals surface area contributed by atoms with E-state index in [1.165, 1.54) is 7.11 Å². The van der Waals surface area contributed by atoms with Crippen molar-refractivity contribution in [1.82, 2.24) is 5.32 Å². The third kappa shape index (κ3) is 4.49. The van der Waals surface area contributed by atoms with E-state index in [1.807, 2.05) is 30.3 Å². The SMILES string of the molecule is COC(=O)C(NC(C)CC(C)C)c1ccccc1. The van der Waals surface area contributed by atoms with Gasteiger partial charge in [-0.15, -0.1) is 0 Å². The van der Waals surface area contributed by atoms with Gasteiger partial charge in [0.1, 0.15) is 6.04 Å². The highest BCUT2D eigenvalue weighted by molar-refractivity contribution is 5.77. The Morgan fingerprint density at radius 3 is 2.33 bits per heavy atom. The molecule has 1 aromatic rings. The Morgan fingerprint density at radius 2 is 1.83 bits per heavy atom. The molecular formula is C15H23NO2. The van der Waals surface area contributed by atoms with Crippen LogP contribution in [0.3, 0.4) is 0 Å². The van der Waals surface area contributed by atoms with Crippen LogP contribution in [0.2, 0.25) is 0 Å². The molecule has 0 aromatic heterocycles. The molecule has 2 unspecified atom stereocenters. The highest BCUT2D eigenvalue weighted by Crippen LogP contribution is 2.16. The van der Waals surface area contributed by atoms with Crippen LogP contribution < -0.4 is 5.32 Å². The van der Waals surface area contributed by atoms with Gasteiger partial charge in [0.15, 0.2) is 0 Å². The van der Waals surface area contributed by atoms with Crippen LogP contribution in [0.5, 0.6) is 0 Å². The van der Waals surface area contributed by atoms with Gasteiger partial charge in [0.25, 0.3) is 0 Å². The molecule has 0 radical (unpaired) electrons. The van der Waals surface area contributed by atoms with Crippen molar-refractivity contribution >= 4 is 5.97 Å². The van der Waals surface area contributed by atoms with Gasteiger partial charge in [0.2, 0.25) is 0 Å². The van der Waals surface area contributed by atoms with E-state index in [0.717, 1.165) is 12.0 Å². The average molecular weight is 249 g/mol. The van der Waals surface area contributed by atoms with Gasteiger partial charge in [-0.05, 0) is 24.8 Å². The van der Waals surface area contributed by atoms with Crippen LogP contribution in [0.1, 0.15) is 38.8 Å². The Morgan fingerprint density at radius 1 is 1.22 bits per heavy atom. The maximum atomic E-state index is 11.8. The van der Waals surface area contributed by atoms with Crippen molar-refractivity contribution in [3.05, 3.63) is 35.9 Å². The van der Waals surface area contributed by atoms with Crippen LogP contribution in [-0.4, -0.2) is 19.1 Å². The molecule has 0 saturated carbocycles. The number of hydrogen-bond acceptors (Lipinski definition) is 3. The van der Waals surface area contributed by atoms with E-state index in [-0.39, 0.29) is 18.1 Å². The third-order valence-electron chi connectivity index (χ3n) is 2.85. The standard InChI is InChI=1S/C15H23NO2/c1-11(2)10-12(3)16-14(15(17)18-4)13-8-6-5-7-9-13/h5-9,11-12,14,16H,10H2,1-4H3. The molecule has 0 amide bonds. The zero-order valence-corrected chi connectivity index (χ0v) is 11.6. The molecule has 1 aromatic carbocycles. The Balaban J connectivity index is 2.77. The average Bonchev–Trinajstić information content (AvgIpc) is 2.35. The fraction of sp³-hybridized carbons (Fsp3) is 0.533. The summed E-state index contributed by atoms with van der Waals surface area (Å²) in [6.45, 7) is 6.45. The fourth-order valence-electron chi connectivity index (χ4n) is 2.12. The molecule has 0 bridgehead atoms. The highest BCUT2D eigenvalue weighted by Gasteiger charge is 2.22. The van der Waals surface area contributed by atoms with Crippen LogP contribution in [0, 0.1) is 5.92 Å². The van der Waals surface area contributed by atoms with Gasteiger partial charge < -0.3 is 4.74 Å². The number of methoxy groups -OCH3 is 1. The Hall–Kier alpha value is -1.35. The monoisotopic (exact) mass is 249 g/mol. The fourth-order valence-corrected chi connectivity index (χ4v) is 2.12. The second-order valence-electron chi connectivity index (χ2n) is 5.06. The predicted octanol–water partition coefficient (Wildman–Crippen LogP) is 2.92.